The molecule has 0 fully saturated rings. The van der Waals surface area contributed by atoms with Crippen LogP contribution in [-0.4, -0.2) is 14.8 Å². The van der Waals surface area contributed by atoms with Crippen LogP contribution in [0.2, 0.25) is 0 Å². The van der Waals surface area contributed by atoms with E-state index < -0.39 is 5.82 Å². The predicted molar refractivity (Wildman–Crippen MR) is 79.8 cm³/mol. The van der Waals surface area contributed by atoms with Crippen molar-refractivity contribution in [3.05, 3.63) is 71.9 Å². The minimum Gasteiger partial charge on any atom is -0.379 e. The summed E-state index contributed by atoms with van der Waals surface area (Å²) in [5.41, 5.74) is 1.57. The Morgan fingerprint density at radius 2 is 2.18 bits per heavy atom. The maximum Gasteiger partial charge on any atom is 0.153 e. The van der Waals surface area contributed by atoms with E-state index in [0.29, 0.717) is 17.8 Å². The van der Waals surface area contributed by atoms with E-state index in [4.69, 9.17) is 5.26 Å². The van der Waals surface area contributed by atoms with Gasteiger partial charge in [-0.05, 0) is 35.9 Å². The molecule has 2 aromatic heterocycles. The molecule has 3 rings (SSSR count). The molecule has 2 heterocycles. The molecule has 1 N–H and O–H groups in total. The van der Waals surface area contributed by atoms with Gasteiger partial charge in [0.1, 0.15) is 5.82 Å². The number of benzene rings is 1. The van der Waals surface area contributed by atoms with Crippen molar-refractivity contribution < 1.29 is 4.39 Å². The normalized spacial score (nSPS) is 10.2. The Balaban J connectivity index is 1.68. The van der Waals surface area contributed by atoms with Crippen molar-refractivity contribution in [3.8, 4) is 11.9 Å². The molecule has 0 aliphatic carbocycles. The van der Waals surface area contributed by atoms with Crippen molar-refractivity contribution in [2.75, 3.05) is 5.32 Å². The summed E-state index contributed by atoms with van der Waals surface area (Å²) < 4.78 is 15.4. The number of nitrogens with one attached hydrogen (secondary N) is 1. The Labute approximate surface area is 126 Å². The molecule has 0 atom stereocenters. The summed E-state index contributed by atoms with van der Waals surface area (Å²) in [5, 5.41) is 15.8. The largest absolute Gasteiger partial charge is 0.379 e. The maximum absolute atomic E-state index is 13.7. The average molecular weight is 293 g/mol. The number of rotatable bonds is 4. The monoisotopic (exact) mass is 293 g/mol. The van der Waals surface area contributed by atoms with E-state index >= 15 is 0 Å². The number of anilines is 1. The van der Waals surface area contributed by atoms with E-state index in [9.17, 15) is 4.39 Å². The lowest BCUT2D eigenvalue weighted by Gasteiger charge is -2.08. The second kappa shape index (κ2) is 6.06. The molecule has 0 amide bonds. The fraction of sp³-hybridized carbons (Fsp3) is 0.0625. The first-order valence-electron chi connectivity index (χ1n) is 6.65. The zero-order valence-electron chi connectivity index (χ0n) is 11.6. The van der Waals surface area contributed by atoms with Crippen LogP contribution in [0, 0.1) is 17.1 Å². The first-order valence-corrected chi connectivity index (χ1v) is 6.65. The molecule has 0 unspecified atom stereocenters. The van der Waals surface area contributed by atoms with Crippen molar-refractivity contribution in [1.82, 2.24) is 14.8 Å². The summed E-state index contributed by atoms with van der Waals surface area (Å²) in [6, 6.07) is 11.8. The molecule has 0 saturated heterocycles. The van der Waals surface area contributed by atoms with E-state index in [2.05, 4.69) is 15.4 Å². The minimum absolute atomic E-state index is 0.299. The summed E-state index contributed by atoms with van der Waals surface area (Å²) in [7, 11) is 0. The van der Waals surface area contributed by atoms with Crippen molar-refractivity contribution in [1.29, 1.82) is 5.26 Å². The van der Waals surface area contributed by atoms with Crippen molar-refractivity contribution in [3.63, 3.8) is 0 Å². The zero-order valence-corrected chi connectivity index (χ0v) is 11.6. The second-order valence-corrected chi connectivity index (χ2v) is 4.64. The molecule has 22 heavy (non-hydrogen) atoms. The summed E-state index contributed by atoms with van der Waals surface area (Å²) in [5.74, 6) is 0.276. The van der Waals surface area contributed by atoms with Gasteiger partial charge in [0.25, 0.3) is 0 Å². The highest BCUT2D eigenvalue weighted by Crippen LogP contribution is 2.16. The lowest BCUT2D eigenvalue weighted by Crippen LogP contribution is -2.03. The molecule has 1 aromatic carbocycles. The zero-order chi connectivity index (χ0) is 15.4. The Kier molecular flexibility index (Phi) is 3.79. The van der Waals surface area contributed by atoms with Gasteiger partial charge < -0.3 is 5.32 Å². The highest BCUT2D eigenvalue weighted by atomic mass is 19.1. The lowest BCUT2D eigenvalue weighted by atomic mass is 10.2. The predicted octanol–water partition coefficient (Wildman–Crippen LogP) is 2.89. The SMILES string of the molecule is N#Cc1ccc(NCc2ccc(-n3cccn3)nc2)c(F)c1. The van der Waals surface area contributed by atoms with Gasteiger partial charge in [0.2, 0.25) is 0 Å². The van der Waals surface area contributed by atoms with Crippen LogP contribution in [0.3, 0.4) is 0 Å². The van der Waals surface area contributed by atoms with Crippen LogP contribution >= 0.6 is 0 Å². The van der Waals surface area contributed by atoms with E-state index in [0.717, 1.165) is 11.4 Å². The molecule has 0 bridgehead atoms. The van der Waals surface area contributed by atoms with Crippen LogP contribution in [-0.2, 0) is 6.54 Å². The molecule has 0 aliphatic heterocycles. The van der Waals surface area contributed by atoms with Crippen molar-refractivity contribution in [2.45, 2.75) is 6.54 Å². The second-order valence-electron chi connectivity index (χ2n) is 4.64. The molecule has 0 aliphatic rings. The van der Waals surface area contributed by atoms with Crippen molar-refractivity contribution in [2.24, 2.45) is 0 Å². The van der Waals surface area contributed by atoms with E-state index in [1.165, 1.54) is 6.07 Å². The van der Waals surface area contributed by atoms with Gasteiger partial charge in [0.15, 0.2) is 5.82 Å². The van der Waals surface area contributed by atoms with Crippen LogP contribution in [0.5, 0.6) is 0 Å². The minimum atomic E-state index is -0.444. The molecule has 5 nitrogen and oxygen atoms in total. The Hall–Kier alpha value is -3.20. The van der Waals surface area contributed by atoms with Gasteiger partial charge >= 0.3 is 0 Å². The first-order chi connectivity index (χ1) is 10.8. The third kappa shape index (κ3) is 2.94. The Bertz CT molecular complexity index is 804. The van der Waals surface area contributed by atoms with Gasteiger partial charge in [0, 0.05) is 25.1 Å². The molecule has 0 spiro atoms. The molecule has 6 heteroatoms. The van der Waals surface area contributed by atoms with Gasteiger partial charge in [-0.1, -0.05) is 6.07 Å². The number of nitrogens with zero attached hydrogens (tertiary/aromatic N) is 4. The number of hydrogen-bond donors (Lipinski definition) is 1. The molecule has 3 aromatic rings. The third-order valence-corrected chi connectivity index (χ3v) is 3.13. The number of pyridine rings is 1. The summed E-state index contributed by atoms with van der Waals surface area (Å²) in [6.07, 6.45) is 5.21. The third-order valence-electron chi connectivity index (χ3n) is 3.13. The Morgan fingerprint density at radius 3 is 2.82 bits per heavy atom. The maximum atomic E-state index is 13.7. The molecule has 0 radical (unpaired) electrons. The van der Waals surface area contributed by atoms with Crippen LogP contribution in [0.4, 0.5) is 10.1 Å². The standard InChI is InChI=1S/C16H12FN5/c17-14-8-12(9-18)2-4-15(14)19-10-13-3-5-16(20-11-13)22-7-1-6-21-22/h1-8,11,19H,10H2. The smallest absolute Gasteiger partial charge is 0.153 e. The van der Waals surface area contributed by atoms with Crippen LogP contribution in [0.15, 0.2) is 55.0 Å². The number of hydrogen-bond acceptors (Lipinski definition) is 4. The van der Waals surface area contributed by atoms with Gasteiger partial charge in [-0.2, -0.15) is 10.4 Å². The van der Waals surface area contributed by atoms with Crippen LogP contribution in [0.1, 0.15) is 11.1 Å². The van der Waals surface area contributed by atoms with Gasteiger partial charge in [-0.3, -0.25) is 0 Å². The molecule has 108 valence electrons. The van der Waals surface area contributed by atoms with Crippen LogP contribution in [0.25, 0.3) is 5.82 Å². The van der Waals surface area contributed by atoms with Crippen molar-refractivity contribution >= 4 is 5.69 Å². The van der Waals surface area contributed by atoms with E-state index in [1.807, 2.05) is 30.5 Å². The summed E-state index contributed by atoms with van der Waals surface area (Å²) in [6.45, 7) is 0.440. The van der Waals surface area contributed by atoms with E-state index in [-0.39, 0.29) is 0 Å². The number of halogens is 1. The van der Waals surface area contributed by atoms with Gasteiger partial charge in [-0.25, -0.2) is 14.1 Å². The number of aromatic nitrogens is 3. The van der Waals surface area contributed by atoms with Gasteiger partial charge in [-0.15, -0.1) is 0 Å². The van der Waals surface area contributed by atoms with E-state index in [1.54, 1.807) is 29.2 Å². The highest BCUT2D eigenvalue weighted by molar-refractivity contribution is 5.49. The fourth-order valence-corrected chi connectivity index (χ4v) is 1.99. The van der Waals surface area contributed by atoms with Crippen LogP contribution < -0.4 is 5.32 Å². The molecular weight excluding hydrogens is 281 g/mol. The number of nitriles is 1. The molecule has 0 saturated carbocycles. The Morgan fingerprint density at radius 1 is 1.27 bits per heavy atom. The fourth-order valence-electron chi connectivity index (χ4n) is 1.99. The molecular formula is C16H12FN5. The first kappa shape index (κ1) is 13.8. The lowest BCUT2D eigenvalue weighted by molar-refractivity contribution is 0.629. The topological polar surface area (TPSA) is 66.5 Å². The average Bonchev–Trinajstić information content (AvgIpc) is 3.08. The summed E-state index contributed by atoms with van der Waals surface area (Å²) >= 11 is 0. The van der Waals surface area contributed by atoms with Gasteiger partial charge in [0.05, 0.1) is 17.3 Å². The summed E-state index contributed by atoms with van der Waals surface area (Å²) in [4.78, 5) is 4.31. The quantitative estimate of drug-likeness (QED) is 0.803. The highest BCUT2D eigenvalue weighted by Gasteiger charge is 2.04.